The van der Waals surface area contributed by atoms with Crippen molar-refractivity contribution in [2.45, 2.75) is 20.0 Å². The average molecular weight is 601 g/mol. The van der Waals surface area contributed by atoms with Gasteiger partial charge in [0.15, 0.2) is 8.22 Å². The molecular weight excluding hydrogens is 567 g/mol. The van der Waals surface area contributed by atoms with Crippen molar-refractivity contribution in [1.29, 1.82) is 0 Å². The zero-order chi connectivity index (χ0) is 23.5. The first-order valence-corrected chi connectivity index (χ1v) is 18.1. The van der Waals surface area contributed by atoms with Gasteiger partial charge in [-0.15, -0.1) is 0 Å². The maximum absolute atomic E-state index is 5.82. The minimum Gasteiger partial charge on any atom is -0.378 e. The molecule has 9 heteroatoms. The second-order valence-corrected chi connectivity index (χ2v) is 16.1. The molecule has 184 valence electrons. The smallest absolute Gasteiger partial charge is 0.173 e. The van der Waals surface area contributed by atoms with Crippen LogP contribution >= 0.6 is 27.6 Å². The van der Waals surface area contributed by atoms with Crippen molar-refractivity contribution in [2.75, 3.05) is 52.6 Å². The van der Waals surface area contributed by atoms with Crippen LogP contribution in [0.25, 0.3) is 0 Å². The molecule has 0 unspecified atom stereocenters. The first-order chi connectivity index (χ1) is 16.0. The molecule has 0 N–H and O–H groups in total. The summed E-state index contributed by atoms with van der Waals surface area (Å²) in [7, 11) is 10.8. The maximum Gasteiger partial charge on any atom is 0.173 e. The minimum absolute atomic E-state index is 0.163. The van der Waals surface area contributed by atoms with Crippen LogP contribution in [0.3, 0.4) is 0 Å². The summed E-state index contributed by atoms with van der Waals surface area (Å²) in [5.41, 5.74) is 0.991. The molecule has 2 aliphatic rings. The standard InChI is InChI=1S/C14H21N2O2P.C10H12O.2ClH.Ru/c1-2-4-14(5-3-1)19(15-6-10-17-11-7-15)16-8-12-18-13-9-16;1-8(2)11-10-7-5-4-6-9(10)3;;;/h1-5H,6-13H2;3-8H,1-2H3;2*1H;/q;;;;+2/p-1. The zero-order valence-corrected chi connectivity index (χ0v) is 23.5. The molecule has 2 aromatic rings. The summed E-state index contributed by atoms with van der Waals surface area (Å²) in [5, 5.41) is 1.48. The monoisotopic (exact) mass is 601 g/mol. The number of benzene rings is 2. The number of ether oxygens (including phenoxy) is 3. The largest absolute Gasteiger partial charge is 0.378 e. The molecule has 33 heavy (non-hydrogen) atoms. The zero-order valence-electron chi connectivity index (χ0n) is 19.2. The van der Waals surface area contributed by atoms with Gasteiger partial charge < -0.3 is 9.47 Å². The van der Waals surface area contributed by atoms with Gasteiger partial charge in [0.2, 0.25) is 0 Å². The second kappa shape index (κ2) is 14.9. The van der Waals surface area contributed by atoms with Gasteiger partial charge in [0.1, 0.15) is 5.30 Å². The molecule has 2 fully saturated rings. The van der Waals surface area contributed by atoms with E-state index in [1.165, 1.54) is 5.30 Å². The van der Waals surface area contributed by atoms with E-state index in [1.54, 1.807) is 0 Å². The molecule has 0 bridgehead atoms. The Balaban J connectivity index is 0.000000196. The van der Waals surface area contributed by atoms with Crippen molar-refractivity contribution in [2.24, 2.45) is 0 Å². The normalized spacial score (nSPS) is 17.9. The average Bonchev–Trinajstić information content (AvgIpc) is 2.83. The number of para-hydroxylation sites is 1. The molecule has 0 amide bonds. The van der Waals surface area contributed by atoms with Crippen molar-refractivity contribution in [3.8, 4) is 5.75 Å². The molecule has 0 radical (unpaired) electrons. The Bertz CT molecular complexity index is 842. The van der Waals surface area contributed by atoms with Gasteiger partial charge in [0.05, 0.1) is 52.6 Å². The summed E-state index contributed by atoms with van der Waals surface area (Å²) in [6, 6.07) is 18.7. The van der Waals surface area contributed by atoms with Gasteiger partial charge in [0, 0.05) is 0 Å². The Hall–Kier alpha value is -0.417. The van der Waals surface area contributed by atoms with E-state index in [1.807, 2.05) is 42.7 Å². The topological polar surface area (TPSA) is 34.2 Å². The Labute approximate surface area is 212 Å². The predicted octanol–water partition coefficient (Wildman–Crippen LogP) is 4.57. The third-order valence-electron chi connectivity index (χ3n) is 5.12. The SMILES string of the molecule is CC(C)Oc1ccccc1[CH]=[Ru]([Cl])[Cl].c1ccc([PH+](N2CCOCC2)N2CCOCC2)cc1. The number of morpholine rings is 2. The number of nitrogens with zero attached hydrogens (tertiary/aromatic N) is 2. The molecule has 4 rings (SSSR count). The third kappa shape index (κ3) is 9.28. The Kier molecular flexibility index (Phi) is 12.2. The van der Waals surface area contributed by atoms with E-state index in [2.05, 4.69) is 39.7 Å². The van der Waals surface area contributed by atoms with Gasteiger partial charge in [-0.1, -0.05) is 18.2 Å². The molecular formula is C24H34Cl2N2O3PRu+. The van der Waals surface area contributed by atoms with Crippen LogP contribution in [0.5, 0.6) is 5.75 Å². The fourth-order valence-corrected chi connectivity index (χ4v) is 8.35. The van der Waals surface area contributed by atoms with Crippen LogP contribution in [-0.2, 0) is 23.0 Å². The first kappa shape index (κ1) is 27.2. The number of hydrogen-bond acceptors (Lipinski definition) is 5. The van der Waals surface area contributed by atoms with Crippen LogP contribution < -0.4 is 10.0 Å². The van der Waals surface area contributed by atoms with E-state index in [-0.39, 0.29) is 6.10 Å². The van der Waals surface area contributed by atoms with E-state index in [0.29, 0.717) is 0 Å². The number of rotatable bonds is 6. The maximum atomic E-state index is 5.82. The molecule has 0 aromatic heterocycles. The van der Waals surface area contributed by atoms with Crippen LogP contribution in [0.15, 0.2) is 54.6 Å². The molecule has 5 nitrogen and oxygen atoms in total. The quantitative estimate of drug-likeness (QED) is 0.358. The third-order valence-corrected chi connectivity index (χ3v) is 9.90. The van der Waals surface area contributed by atoms with Crippen molar-refractivity contribution < 1.29 is 27.7 Å². The van der Waals surface area contributed by atoms with Crippen molar-refractivity contribution >= 4 is 37.5 Å². The summed E-state index contributed by atoms with van der Waals surface area (Å²) < 4.78 is 23.8. The van der Waals surface area contributed by atoms with Crippen LogP contribution in [0.1, 0.15) is 19.4 Å². The molecule has 0 saturated carbocycles. The Morgan fingerprint density at radius 2 is 1.36 bits per heavy atom. The van der Waals surface area contributed by atoms with E-state index in [9.17, 15) is 0 Å². The summed E-state index contributed by atoms with van der Waals surface area (Å²) in [6.07, 6.45) is 0.163. The fraction of sp³-hybridized carbons (Fsp3) is 0.458. The molecule has 2 saturated heterocycles. The van der Waals surface area contributed by atoms with E-state index >= 15 is 0 Å². The molecule has 2 heterocycles. The van der Waals surface area contributed by atoms with E-state index < -0.39 is 21.7 Å². The number of halogens is 2. The van der Waals surface area contributed by atoms with Crippen LogP contribution in [0, 0.1) is 0 Å². The summed E-state index contributed by atoms with van der Waals surface area (Å²) in [5.74, 6) is 0.850. The van der Waals surface area contributed by atoms with Gasteiger partial charge >= 0.3 is 97.8 Å². The molecule has 2 aliphatic heterocycles. The van der Waals surface area contributed by atoms with Crippen LogP contribution in [0.4, 0.5) is 0 Å². The summed E-state index contributed by atoms with van der Waals surface area (Å²) in [4.78, 5) is 0. The van der Waals surface area contributed by atoms with Crippen LogP contribution in [-0.4, -0.2) is 72.7 Å². The molecule has 0 aliphatic carbocycles. The first-order valence-electron chi connectivity index (χ1n) is 11.2. The molecule has 0 spiro atoms. The van der Waals surface area contributed by atoms with Crippen molar-refractivity contribution in [1.82, 2.24) is 9.34 Å². The van der Waals surface area contributed by atoms with Gasteiger partial charge in [0.25, 0.3) is 0 Å². The predicted molar refractivity (Wildman–Crippen MR) is 138 cm³/mol. The van der Waals surface area contributed by atoms with Gasteiger partial charge in [-0.2, -0.15) is 9.34 Å². The van der Waals surface area contributed by atoms with Crippen molar-refractivity contribution in [3.63, 3.8) is 0 Å². The van der Waals surface area contributed by atoms with Crippen LogP contribution in [0.2, 0.25) is 0 Å². The van der Waals surface area contributed by atoms with Gasteiger partial charge in [-0.3, -0.25) is 0 Å². The number of hydrogen-bond donors (Lipinski definition) is 0. The summed E-state index contributed by atoms with van der Waals surface area (Å²) in [6.45, 7) is 11.7. The van der Waals surface area contributed by atoms with Gasteiger partial charge in [-0.05, 0) is 12.1 Å². The van der Waals surface area contributed by atoms with E-state index in [0.717, 1.165) is 63.9 Å². The van der Waals surface area contributed by atoms with E-state index in [4.69, 9.17) is 33.6 Å². The van der Waals surface area contributed by atoms with Crippen molar-refractivity contribution in [3.05, 3.63) is 60.2 Å². The Morgan fingerprint density at radius 3 is 1.88 bits per heavy atom. The summed E-state index contributed by atoms with van der Waals surface area (Å²) >= 11 is -1.77. The molecule has 0 atom stereocenters. The van der Waals surface area contributed by atoms with Gasteiger partial charge in [-0.25, -0.2) is 0 Å². The Morgan fingerprint density at radius 1 is 0.848 bits per heavy atom. The second-order valence-electron chi connectivity index (χ2n) is 7.90. The molecule has 2 aromatic carbocycles. The minimum atomic E-state index is -1.77. The fourth-order valence-electron chi connectivity index (χ4n) is 3.71.